The summed E-state index contributed by atoms with van der Waals surface area (Å²) in [6.07, 6.45) is 6.16. The van der Waals surface area contributed by atoms with Gasteiger partial charge in [0.25, 0.3) is 0 Å². The molecule has 3 rings (SSSR count). The second kappa shape index (κ2) is 13.7. The largest absolute Gasteiger partial charge is 0.489 e. The van der Waals surface area contributed by atoms with Crippen LogP contribution in [0.4, 0.5) is 5.69 Å². The molecule has 2 aromatic rings. The zero-order valence-corrected chi connectivity index (χ0v) is 22.1. The molecule has 2 aromatic carbocycles. The fourth-order valence-corrected chi connectivity index (χ4v) is 4.80. The molecular weight excluding hydrogens is 458 g/mol. The number of nitrogens with zero attached hydrogens (tertiary/aromatic N) is 2. The predicted octanol–water partition coefficient (Wildman–Crippen LogP) is 5.71. The highest BCUT2D eigenvalue weighted by atomic mass is 35.5. The first-order valence-corrected chi connectivity index (χ1v) is 13.0. The average molecular weight is 498 g/mol. The molecule has 0 bridgehead atoms. The van der Waals surface area contributed by atoms with Crippen molar-refractivity contribution >= 4 is 23.6 Å². The lowest BCUT2D eigenvalue weighted by Crippen LogP contribution is -2.46. The normalized spacial score (nSPS) is 16.4. The van der Waals surface area contributed by atoms with Crippen LogP contribution < -0.4 is 15.4 Å². The smallest absolute Gasteiger partial charge is 0.136 e. The summed E-state index contributed by atoms with van der Waals surface area (Å²) in [5, 5.41) is 0.733. The first-order chi connectivity index (χ1) is 16.8. The number of hydrogen-bond donors (Lipinski definition) is 1. The lowest BCUT2D eigenvalue weighted by molar-refractivity contribution is -0.109. The highest BCUT2D eigenvalue weighted by Gasteiger charge is 2.25. The summed E-state index contributed by atoms with van der Waals surface area (Å²) in [6, 6.07) is 16.4. The molecule has 1 heterocycles. The Morgan fingerprint density at radius 1 is 1.14 bits per heavy atom. The van der Waals surface area contributed by atoms with Gasteiger partial charge in [-0.25, -0.2) is 0 Å². The molecule has 0 aromatic heterocycles. The van der Waals surface area contributed by atoms with E-state index < -0.39 is 0 Å². The molecule has 0 spiro atoms. The van der Waals surface area contributed by atoms with Gasteiger partial charge < -0.3 is 25.1 Å². The molecule has 2 atom stereocenters. The number of allylic oxidation sites excluding steroid dienone is 1. The minimum Gasteiger partial charge on any atom is -0.489 e. The highest BCUT2D eigenvalue weighted by Crippen LogP contribution is 2.27. The van der Waals surface area contributed by atoms with Gasteiger partial charge in [-0.1, -0.05) is 42.3 Å². The van der Waals surface area contributed by atoms with Gasteiger partial charge in [0, 0.05) is 42.9 Å². The van der Waals surface area contributed by atoms with E-state index in [0.717, 1.165) is 68.1 Å². The molecular formula is C29H40ClN3O2. The molecule has 1 fully saturated rings. The Balaban J connectivity index is 1.58. The maximum atomic E-state index is 10.9. The topological polar surface area (TPSA) is 58.8 Å². The Labute approximate surface area is 215 Å². The highest BCUT2D eigenvalue weighted by molar-refractivity contribution is 6.30. The molecule has 2 N–H and O–H groups in total. The SMILES string of the molecule is CC(C)=CCN(c1ccc(OCc2ccc(Cl)cc2)cc1)C1CCN(CC(C)CC(N)C=O)CC1. The summed E-state index contributed by atoms with van der Waals surface area (Å²) in [5.41, 5.74) is 9.47. The third-order valence-electron chi connectivity index (χ3n) is 6.60. The number of likely N-dealkylation sites (tertiary alicyclic amines) is 1. The van der Waals surface area contributed by atoms with Crippen LogP contribution in [0.25, 0.3) is 0 Å². The zero-order chi connectivity index (χ0) is 25.2. The van der Waals surface area contributed by atoms with Crippen molar-refractivity contribution in [2.45, 2.75) is 58.7 Å². The summed E-state index contributed by atoms with van der Waals surface area (Å²) in [6.45, 7) is 11.1. The second-order valence-corrected chi connectivity index (χ2v) is 10.5. The van der Waals surface area contributed by atoms with Gasteiger partial charge in [0.15, 0.2) is 0 Å². The van der Waals surface area contributed by atoms with Gasteiger partial charge in [-0.15, -0.1) is 0 Å². The number of rotatable bonds is 12. The van der Waals surface area contributed by atoms with Crippen LogP contribution in [0, 0.1) is 5.92 Å². The number of carbonyl (C=O) groups is 1. The summed E-state index contributed by atoms with van der Waals surface area (Å²) in [4.78, 5) is 15.9. The Bertz CT molecular complexity index is 933. The van der Waals surface area contributed by atoms with Crippen molar-refractivity contribution in [1.29, 1.82) is 0 Å². The summed E-state index contributed by atoms with van der Waals surface area (Å²) >= 11 is 5.97. The lowest BCUT2D eigenvalue weighted by Gasteiger charge is -2.40. The number of benzene rings is 2. The number of aldehydes is 1. The Morgan fingerprint density at radius 2 is 1.80 bits per heavy atom. The number of ether oxygens (including phenoxy) is 1. The van der Waals surface area contributed by atoms with E-state index in [1.807, 2.05) is 24.3 Å². The van der Waals surface area contributed by atoms with Crippen LogP contribution in [0.5, 0.6) is 5.75 Å². The van der Waals surface area contributed by atoms with E-state index in [0.29, 0.717) is 18.6 Å². The maximum Gasteiger partial charge on any atom is 0.136 e. The summed E-state index contributed by atoms with van der Waals surface area (Å²) in [7, 11) is 0. The number of carbonyl (C=O) groups excluding carboxylic acids is 1. The van der Waals surface area contributed by atoms with Crippen LogP contribution in [-0.4, -0.2) is 49.4 Å². The van der Waals surface area contributed by atoms with Gasteiger partial charge in [0.05, 0.1) is 6.04 Å². The maximum absolute atomic E-state index is 10.9. The van der Waals surface area contributed by atoms with Crippen LogP contribution in [0.3, 0.4) is 0 Å². The molecule has 35 heavy (non-hydrogen) atoms. The number of hydrogen-bond acceptors (Lipinski definition) is 5. The minimum absolute atomic E-state index is 0.347. The molecule has 0 saturated carbocycles. The quantitative estimate of drug-likeness (QED) is 0.300. The predicted molar refractivity (Wildman–Crippen MR) is 146 cm³/mol. The van der Waals surface area contributed by atoms with Crippen molar-refractivity contribution < 1.29 is 9.53 Å². The molecule has 1 aliphatic heterocycles. The van der Waals surface area contributed by atoms with Gasteiger partial charge in [-0.3, -0.25) is 0 Å². The molecule has 6 heteroatoms. The van der Waals surface area contributed by atoms with Gasteiger partial charge in [-0.05, 0) is 81.0 Å². The molecule has 1 saturated heterocycles. The molecule has 2 unspecified atom stereocenters. The Morgan fingerprint density at radius 3 is 2.40 bits per heavy atom. The van der Waals surface area contributed by atoms with Crippen molar-refractivity contribution in [3.63, 3.8) is 0 Å². The number of anilines is 1. The van der Waals surface area contributed by atoms with E-state index >= 15 is 0 Å². The average Bonchev–Trinajstić information content (AvgIpc) is 2.85. The van der Waals surface area contributed by atoms with Gasteiger partial charge in [0.2, 0.25) is 0 Å². The van der Waals surface area contributed by atoms with Crippen LogP contribution in [0.15, 0.2) is 60.2 Å². The van der Waals surface area contributed by atoms with E-state index in [1.54, 1.807) is 0 Å². The van der Waals surface area contributed by atoms with E-state index in [-0.39, 0.29) is 6.04 Å². The lowest BCUT2D eigenvalue weighted by atomic mass is 9.98. The van der Waals surface area contributed by atoms with E-state index in [9.17, 15) is 4.79 Å². The monoisotopic (exact) mass is 497 g/mol. The summed E-state index contributed by atoms with van der Waals surface area (Å²) < 4.78 is 5.99. The third-order valence-corrected chi connectivity index (χ3v) is 6.85. The molecule has 0 amide bonds. The fourth-order valence-electron chi connectivity index (χ4n) is 4.68. The zero-order valence-electron chi connectivity index (χ0n) is 21.3. The van der Waals surface area contributed by atoms with Crippen LogP contribution in [-0.2, 0) is 11.4 Å². The fraction of sp³-hybridized carbons (Fsp3) is 0.483. The van der Waals surface area contributed by atoms with Gasteiger partial charge in [0.1, 0.15) is 18.6 Å². The molecule has 1 aliphatic rings. The van der Waals surface area contributed by atoms with E-state index in [4.69, 9.17) is 22.1 Å². The first kappa shape index (κ1) is 27.3. The van der Waals surface area contributed by atoms with Crippen molar-refractivity contribution in [2.24, 2.45) is 11.7 Å². The van der Waals surface area contributed by atoms with Crippen molar-refractivity contribution in [1.82, 2.24) is 4.90 Å². The van der Waals surface area contributed by atoms with Crippen LogP contribution in [0.1, 0.15) is 45.6 Å². The molecule has 190 valence electrons. The van der Waals surface area contributed by atoms with Gasteiger partial charge >= 0.3 is 0 Å². The van der Waals surface area contributed by atoms with Crippen LogP contribution >= 0.6 is 11.6 Å². The van der Waals surface area contributed by atoms with Crippen molar-refractivity contribution in [3.05, 3.63) is 70.8 Å². The number of halogens is 1. The second-order valence-electron chi connectivity index (χ2n) is 10.0. The van der Waals surface area contributed by atoms with E-state index in [2.05, 4.69) is 60.9 Å². The van der Waals surface area contributed by atoms with Gasteiger partial charge in [-0.2, -0.15) is 0 Å². The standard InChI is InChI=1S/C29H40ClN3O2/c1-22(2)12-17-33(28-13-15-32(16-14-28)19-23(3)18-26(31)20-34)27-8-10-29(11-9-27)35-21-24-4-6-25(30)7-5-24/h4-12,20,23,26,28H,13-19,21,31H2,1-3H3. The first-order valence-electron chi connectivity index (χ1n) is 12.6. The molecule has 5 nitrogen and oxygen atoms in total. The Hall–Kier alpha value is -2.34. The van der Waals surface area contributed by atoms with Crippen molar-refractivity contribution in [3.8, 4) is 5.75 Å². The Kier molecular flexibility index (Phi) is 10.6. The van der Waals surface area contributed by atoms with Crippen LogP contribution in [0.2, 0.25) is 5.02 Å². The molecule has 0 radical (unpaired) electrons. The third kappa shape index (κ3) is 8.99. The van der Waals surface area contributed by atoms with E-state index in [1.165, 1.54) is 11.3 Å². The molecule has 0 aliphatic carbocycles. The van der Waals surface area contributed by atoms with Crippen molar-refractivity contribution in [2.75, 3.05) is 31.1 Å². The number of nitrogens with two attached hydrogens (primary N) is 1. The minimum atomic E-state index is -0.347. The summed E-state index contributed by atoms with van der Waals surface area (Å²) in [5.74, 6) is 1.29. The number of piperidine rings is 1.